The molecule has 1 rings (SSSR count). The Morgan fingerprint density at radius 2 is 2.27 bits per heavy atom. The standard InChI is InChI=1S/C10H21N/c1-4-5-8(2)10-6-9(10)7-11-3/h8-11H,4-7H2,1-3H3. The first-order valence-corrected chi connectivity index (χ1v) is 4.94. The van der Waals surface area contributed by atoms with Crippen LogP contribution in [0.3, 0.4) is 0 Å². The summed E-state index contributed by atoms with van der Waals surface area (Å²) >= 11 is 0. The molecule has 1 aliphatic rings. The van der Waals surface area contributed by atoms with Gasteiger partial charge in [0.1, 0.15) is 0 Å². The van der Waals surface area contributed by atoms with E-state index in [4.69, 9.17) is 0 Å². The molecular weight excluding hydrogens is 134 g/mol. The highest BCUT2D eigenvalue weighted by atomic mass is 14.8. The van der Waals surface area contributed by atoms with E-state index in [0.29, 0.717) is 0 Å². The number of rotatable bonds is 5. The largest absolute Gasteiger partial charge is 0.319 e. The third-order valence-corrected chi connectivity index (χ3v) is 2.92. The summed E-state index contributed by atoms with van der Waals surface area (Å²) in [6.07, 6.45) is 4.25. The van der Waals surface area contributed by atoms with Crippen LogP contribution < -0.4 is 5.32 Å². The molecule has 1 nitrogen and oxygen atoms in total. The van der Waals surface area contributed by atoms with Gasteiger partial charge in [0.25, 0.3) is 0 Å². The van der Waals surface area contributed by atoms with Crippen LogP contribution in [-0.2, 0) is 0 Å². The normalized spacial score (nSPS) is 31.9. The molecule has 0 bridgehead atoms. The van der Waals surface area contributed by atoms with E-state index in [1.165, 1.54) is 25.8 Å². The summed E-state index contributed by atoms with van der Waals surface area (Å²) in [5.74, 6) is 3.02. The van der Waals surface area contributed by atoms with Crippen LogP contribution in [0.15, 0.2) is 0 Å². The Balaban J connectivity index is 2.10. The van der Waals surface area contributed by atoms with Gasteiger partial charge in [-0.05, 0) is 37.8 Å². The second-order valence-corrected chi connectivity index (χ2v) is 3.98. The van der Waals surface area contributed by atoms with Crippen molar-refractivity contribution in [3.8, 4) is 0 Å². The molecular formula is C10H21N. The summed E-state index contributed by atoms with van der Waals surface area (Å²) in [5, 5.41) is 3.26. The van der Waals surface area contributed by atoms with Gasteiger partial charge in [0.05, 0.1) is 0 Å². The topological polar surface area (TPSA) is 12.0 Å². The van der Waals surface area contributed by atoms with E-state index in [1.807, 2.05) is 0 Å². The minimum atomic E-state index is 0.971. The van der Waals surface area contributed by atoms with E-state index in [-0.39, 0.29) is 0 Å². The molecule has 0 saturated heterocycles. The molecule has 0 heterocycles. The van der Waals surface area contributed by atoms with Gasteiger partial charge in [-0.1, -0.05) is 26.7 Å². The van der Waals surface area contributed by atoms with Gasteiger partial charge < -0.3 is 5.32 Å². The van der Waals surface area contributed by atoms with Crippen molar-refractivity contribution in [2.24, 2.45) is 17.8 Å². The molecule has 11 heavy (non-hydrogen) atoms. The molecule has 1 heteroatoms. The molecule has 1 fully saturated rings. The third-order valence-electron chi connectivity index (χ3n) is 2.92. The van der Waals surface area contributed by atoms with Gasteiger partial charge in [-0.25, -0.2) is 0 Å². The summed E-state index contributed by atoms with van der Waals surface area (Å²) in [6.45, 7) is 5.93. The van der Waals surface area contributed by atoms with Crippen LogP contribution in [0, 0.1) is 17.8 Å². The lowest BCUT2D eigenvalue weighted by molar-refractivity contribution is 0.433. The van der Waals surface area contributed by atoms with Crippen LogP contribution in [-0.4, -0.2) is 13.6 Å². The highest BCUT2D eigenvalue weighted by molar-refractivity contribution is 4.90. The Hall–Kier alpha value is -0.0400. The van der Waals surface area contributed by atoms with Gasteiger partial charge in [-0.15, -0.1) is 0 Å². The minimum absolute atomic E-state index is 0.971. The molecule has 1 aliphatic carbocycles. The molecule has 3 unspecified atom stereocenters. The maximum atomic E-state index is 3.26. The predicted molar refractivity (Wildman–Crippen MR) is 49.6 cm³/mol. The van der Waals surface area contributed by atoms with Crippen molar-refractivity contribution in [1.29, 1.82) is 0 Å². The lowest BCUT2D eigenvalue weighted by Gasteiger charge is -2.08. The maximum Gasteiger partial charge on any atom is -0.00207 e. The van der Waals surface area contributed by atoms with E-state index in [0.717, 1.165) is 17.8 Å². The van der Waals surface area contributed by atoms with Crippen LogP contribution in [0.4, 0.5) is 0 Å². The van der Waals surface area contributed by atoms with E-state index >= 15 is 0 Å². The number of nitrogens with one attached hydrogen (secondary N) is 1. The molecule has 1 saturated carbocycles. The molecule has 3 atom stereocenters. The molecule has 66 valence electrons. The average molecular weight is 155 g/mol. The SMILES string of the molecule is CCCC(C)C1CC1CNC. The summed E-state index contributed by atoms with van der Waals surface area (Å²) in [4.78, 5) is 0. The Kier molecular flexibility index (Phi) is 3.38. The smallest absolute Gasteiger partial charge is 0.00207 e. The lowest BCUT2D eigenvalue weighted by atomic mass is 9.99. The van der Waals surface area contributed by atoms with Crippen molar-refractivity contribution in [1.82, 2.24) is 5.32 Å². The monoisotopic (exact) mass is 155 g/mol. The van der Waals surface area contributed by atoms with Crippen molar-refractivity contribution in [3.05, 3.63) is 0 Å². The Labute approximate surface area is 70.6 Å². The van der Waals surface area contributed by atoms with Crippen molar-refractivity contribution in [2.45, 2.75) is 33.1 Å². The van der Waals surface area contributed by atoms with Crippen LogP contribution >= 0.6 is 0 Å². The van der Waals surface area contributed by atoms with Crippen LogP contribution in [0.25, 0.3) is 0 Å². The average Bonchev–Trinajstić information content (AvgIpc) is 2.69. The minimum Gasteiger partial charge on any atom is -0.319 e. The van der Waals surface area contributed by atoms with E-state index in [2.05, 4.69) is 26.2 Å². The summed E-state index contributed by atoms with van der Waals surface area (Å²) in [5.41, 5.74) is 0. The fourth-order valence-corrected chi connectivity index (χ4v) is 2.13. The third kappa shape index (κ3) is 2.48. The van der Waals surface area contributed by atoms with Crippen molar-refractivity contribution in [3.63, 3.8) is 0 Å². The lowest BCUT2D eigenvalue weighted by Crippen LogP contribution is -2.12. The first kappa shape index (κ1) is 9.05. The van der Waals surface area contributed by atoms with Gasteiger partial charge in [-0.2, -0.15) is 0 Å². The quantitative estimate of drug-likeness (QED) is 0.642. The zero-order valence-electron chi connectivity index (χ0n) is 8.06. The Morgan fingerprint density at radius 3 is 2.82 bits per heavy atom. The van der Waals surface area contributed by atoms with Gasteiger partial charge in [0.15, 0.2) is 0 Å². The molecule has 0 amide bonds. The zero-order valence-corrected chi connectivity index (χ0v) is 8.06. The second kappa shape index (κ2) is 4.10. The van der Waals surface area contributed by atoms with E-state index in [1.54, 1.807) is 0 Å². The molecule has 0 aliphatic heterocycles. The predicted octanol–water partition coefficient (Wildman–Crippen LogP) is 2.28. The van der Waals surface area contributed by atoms with Gasteiger partial charge in [0.2, 0.25) is 0 Å². The number of hydrogen-bond donors (Lipinski definition) is 1. The molecule has 0 aromatic heterocycles. The van der Waals surface area contributed by atoms with Crippen LogP contribution in [0.5, 0.6) is 0 Å². The summed E-state index contributed by atoms with van der Waals surface area (Å²) in [6, 6.07) is 0. The molecule has 0 radical (unpaired) electrons. The summed E-state index contributed by atoms with van der Waals surface area (Å²) < 4.78 is 0. The number of hydrogen-bond acceptors (Lipinski definition) is 1. The molecule has 0 aromatic rings. The molecule has 1 N–H and O–H groups in total. The van der Waals surface area contributed by atoms with Crippen molar-refractivity contribution < 1.29 is 0 Å². The van der Waals surface area contributed by atoms with Gasteiger partial charge in [-0.3, -0.25) is 0 Å². The Morgan fingerprint density at radius 1 is 1.55 bits per heavy atom. The van der Waals surface area contributed by atoms with Crippen molar-refractivity contribution in [2.75, 3.05) is 13.6 Å². The fourth-order valence-electron chi connectivity index (χ4n) is 2.13. The van der Waals surface area contributed by atoms with Gasteiger partial charge >= 0.3 is 0 Å². The molecule has 0 spiro atoms. The second-order valence-electron chi connectivity index (χ2n) is 3.98. The van der Waals surface area contributed by atoms with Crippen molar-refractivity contribution >= 4 is 0 Å². The van der Waals surface area contributed by atoms with E-state index in [9.17, 15) is 0 Å². The van der Waals surface area contributed by atoms with Crippen LogP contribution in [0.2, 0.25) is 0 Å². The maximum absolute atomic E-state index is 3.26. The zero-order chi connectivity index (χ0) is 8.27. The first-order chi connectivity index (χ1) is 5.29. The van der Waals surface area contributed by atoms with Gasteiger partial charge in [0, 0.05) is 0 Å². The Bertz CT molecular complexity index is 111. The first-order valence-electron chi connectivity index (χ1n) is 4.94. The van der Waals surface area contributed by atoms with Crippen LogP contribution in [0.1, 0.15) is 33.1 Å². The highest BCUT2D eigenvalue weighted by Gasteiger charge is 2.39. The fraction of sp³-hybridized carbons (Fsp3) is 1.00. The molecule has 0 aromatic carbocycles. The highest BCUT2D eigenvalue weighted by Crippen LogP contribution is 2.45. The summed E-state index contributed by atoms with van der Waals surface area (Å²) in [7, 11) is 2.06. The van der Waals surface area contributed by atoms with E-state index < -0.39 is 0 Å².